The number of methoxy groups -OCH3 is 1. The van der Waals surface area contributed by atoms with Crippen molar-refractivity contribution < 1.29 is 9.53 Å². The van der Waals surface area contributed by atoms with E-state index in [1.54, 1.807) is 36.8 Å². The molecule has 29 heavy (non-hydrogen) atoms. The predicted molar refractivity (Wildman–Crippen MR) is 116 cm³/mol. The quantitative estimate of drug-likeness (QED) is 0.351. The van der Waals surface area contributed by atoms with Crippen LogP contribution in [0.1, 0.15) is 12.5 Å². The predicted octanol–water partition coefficient (Wildman–Crippen LogP) is 3.39. The van der Waals surface area contributed by atoms with Crippen LogP contribution in [-0.4, -0.2) is 27.8 Å². The number of para-hydroxylation sites is 1. The van der Waals surface area contributed by atoms with E-state index in [-0.39, 0.29) is 11.5 Å². The van der Waals surface area contributed by atoms with Crippen LogP contribution in [0, 0.1) is 0 Å². The smallest absolute Gasteiger partial charge is 0.262 e. The van der Waals surface area contributed by atoms with Crippen LogP contribution in [-0.2, 0) is 17.9 Å². The highest BCUT2D eigenvalue weighted by atomic mass is 32.2. The van der Waals surface area contributed by atoms with Crippen LogP contribution >= 0.6 is 11.8 Å². The maximum absolute atomic E-state index is 12.8. The number of thioether (sulfide) groups is 1. The molecule has 0 aliphatic rings. The molecule has 0 saturated carbocycles. The first-order valence-electron chi connectivity index (χ1n) is 9.21. The molecule has 0 bridgehead atoms. The van der Waals surface area contributed by atoms with Gasteiger partial charge < -0.3 is 10.1 Å². The average molecular weight is 410 g/mol. The fourth-order valence-electron chi connectivity index (χ4n) is 2.82. The lowest BCUT2D eigenvalue weighted by molar-refractivity contribution is -0.120. The maximum Gasteiger partial charge on any atom is 0.262 e. The van der Waals surface area contributed by atoms with E-state index in [2.05, 4.69) is 16.9 Å². The largest absolute Gasteiger partial charge is 0.497 e. The highest BCUT2D eigenvalue weighted by Crippen LogP contribution is 2.23. The summed E-state index contributed by atoms with van der Waals surface area (Å²) in [5, 5.41) is 3.56. The third kappa shape index (κ3) is 4.86. The Morgan fingerprint density at radius 1 is 1.28 bits per heavy atom. The summed E-state index contributed by atoms with van der Waals surface area (Å²) in [5.41, 5.74) is 1.46. The second-order valence-corrected chi connectivity index (χ2v) is 7.75. The number of hydrogen-bond donors (Lipinski definition) is 1. The first kappa shape index (κ1) is 20.7. The van der Waals surface area contributed by atoms with Crippen molar-refractivity contribution in [2.24, 2.45) is 0 Å². The molecule has 6 nitrogen and oxygen atoms in total. The van der Waals surface area contributed by atoms with Gasteiger partial charge in [0.15, 0.2) is 5.16 Å². The fraction of sp³-hybridized carbons (Fsp3) is 0.227. The van der Waals surface area contributed by atoms with E-state index in [1.807, 2.05) is 36.4 Å². The van der Waals surface area contributed by atoms with Gasteiger partial charge in [0.05, 0.1) is 23.3 Å². The molecular weight excluding hydrogens is 386 g/mol. The Labute approximate surface area is 173 Å². The van der Waals surface area contributed by atoms with Gasteiger partial charge in [-0.1, -0.05) is 42.1 Å². The van der Waals surface area contributed by atoms with Gasteiger partial charge in [0, 0.05) is 13.1 Å². The summed E-state index contributed by atoms with van der Waals surface area (Å²) in [5.74, 6) is 0.643. The number of nitrogens with one attached hydrogen (secondary N) is 1. The Kier molecular flexibility index (Phi) is 6.72. The van der Waals surface area contributed by atoms with Crippen LogP contribution in [0.4, 0.5) is 0 Å². The molecule has 3 aromatic rings. The van der Waals surface area contributed by atoms with Crippen molar-refractivity contribution in [3.63, 3.8) is 0 Å². The number of amides is 1. The van der Waals surface area contributed by atoms with Gasteiger partial charge in [-0.25, -0.2) is 4.98 Å². The van der Waals surface area contributed by atoms with Crippen LogP contribution in [0.25, 0.3) is 10.9 Å². The molecule has 0 spiro atoms. The standard InChI is InChI=1S/C22H23N3O3S/c1-4-13-25-21(27)18-7-5-6-8-19(18)24-22(25)29-15(2)20(26)23-14-16-9-11-17(28-3)12-10-16/h4-12,15H,1,13-14H2,2-3H3,(H,23,26)/t15-/m0/s1. The van der Waals surface area contributed by atoms with Gasteiger partial charge in [-0.3, -0.25) is 14.2 Å². The lowest BCUT2D eigenvalue weighted by atomic mass is 10.2. The minimum absolute atomic E-state index is 0.127. The summed E-state index contributed by atoms with van der Waals surface area (Å²) < 4.78 is 6.69. The normalized spacial score (nSPS) is 11.8. The molecule has 150 valence electrons. The number of hydrogen-bond acceptors (Lipinski definition) is 5. The number of carbonyl (C=O) groups is 1. The maximum atomic E-state index is 12.8. The Hall–Kier alpha value is -3.06. The van der Waals surface area contributed by atoms with Gasteiger partial charge in [-0.05, 0) is 36.8 Å². The zero-order valence-electron chi connectivity index (χ0n) is 16.4. The molecule has 1 N–H and O–H groups in total. The fourth-order valence-corrected chi connectivity index (χ4v) is 3.76. The molecule has 7 heteroatoms. The van der Waals surface area contributed by atoms with Crippen LogP contribution in [0.15, 0.2) is 71.1 Å². The van der Waals surface area contributed by atoms with E-state index >= 15 is 0 Å². The van der Waals surface area contributed by atoms with Gasteiger partial charge in [-0.2, -0.15) is 0 Å². The van der Waals surface area contributed by atoms with E-state index in [9.17, 15) is 9.59 Å². The van der Waals surface area contributed by atoms with Crippen LogP contribution in [0.2, 0.25) is 0 Å². The summed E-state index contributed by atoms with van der Waals surface area (Å²) in [6.07, 6.45) is 1.65. The van der Waals surface area contributed by atoms with Gasteiger partial charge in [-0.15, -0.1) is 6.58 Å². The van der Waals surface area contributed by atoms with E-state index in [0.717, 1.165) is 11.3 Å². The van der Waals surface area contributed by atoms with Crippen LogP contribution in [0.3, 0.4) is 0 Å². The average Bonchev–Trinajstić information content (AvgIpc) is 2.75. The number of aromatic nitrogens is 2. The molecular formula is C22H23N3O3S. The van der Waals surface area contributed by atoms with Gasteiger partial charge in [0.1, 0.15) is 5.75 Å². The molecule has 0 fully saturated rings. The zero-order valence-corrected chi connectivity index (χ0v) is 17.2. The highest BCUT2D eigenvalue weighted by Gasteiger charge is 2.19. The summed E-state index contributed by atoms with van der Waals surface area (Å²) in [6, 6.07) is 14.7. The van der Waals surface area contributed by atoms with Gasteiger partial charge in [0.2, 0.25) is 5.91 Å². The molecule has 0 radical (unpaired) electrons. The van der Waals surface area contributed by atoms with Crippen molar-refractivity contribution in [2.45, 2.75) is 30.4 Å². The topological polar surface area (TPSA) is 73.2 Å². The first-order valence-corrected chi connectivity index (χ1v) is 10.1. The number of allylic oxidation sites excluding steroid dienone is 1. The molecule has 1 atom stereocenters. The van der Waals surface area contributed by atoms with Crippen molar-refractivity contribution in [2.75, 3.05) is 7.11 Å². The second-order valence-electron chi connectivity index (χ2n) is 6.44. The minimum atomic E-state index is -0.419. The molecule has 2 aromatic carbocycles. The number of carbonyl (C=O) groups excluding carboxylic acids is 1. The number of rotatable bonds is 8. The van der Waals surface area contributed by atoms with Crippen molar-refractivity contribution in [1.29, 1.82) is 0 Å². The Balaban J connectivity index is 1.74. The highest BCUT2D eigenvalue weighted by molar-refractivity contribution is 8.00. The summed E-state index contributed by atoms with van der Waals surface area (Å²) in [7, 11) is 1.61. The SMILES string of the molecule is C=CCn1c(S[C@@H](C)C(=O)NCc2ccc(OC)cc2)nc2ccccc2c1=O. The van der Waals surface area contributed by atoms with E-state index in [4.69, 9.17) is 4.74 Å². The van der Waals surface area contributed by atoms with Gasteiger partial charge >= 0.3 is 0 Å². The molecule has 0 unspecified atom stereocenters. The van der Waals surface area contributed by atoms with Crippen molar-refractivity contribution in [1.82, 2.24) is 14.9 Å². The Morgan fingerprint density at radius 3 is 2.69 bits per heavy atom. The third-order valence-electron chi connectivity index (χ3n) is 4.42. The lowest BCUT2D eigenvalue weighted by Gasteiger charge is -2.15. The number of nitrogens with zero attached hydrogens (tertiary/aromatic N) is 2. The molecule has 1 amide bonds. The summed E-state index contributed by atoms with van der Waals surface area (Å²) >= 11 is 1.26. The van der Waals surface area contributed by atoms with Crippen molar-refractivity contribution >= 4 is 28.6 Å². The molecule has 0 aliphatic carbocycles. The van der Waals surface area contributed by atoms with Crippen LogP contribution in [0.5, 0.6) is 5.75 Å². The zero-order chi connectivity index (χ0) is 20.8. The van der Waals surface area contributed by atoms with Crippen molar-refractivity contribution in [3.05, 3.63) is 77.1 Å². The summed E-state index contributed by atoms with van der Waals surface area (Å²) in [4.78, 5) is 30.0. The van der Waals surface area contributed by atoms with Crippen molar-refractivity contribution in [3.8, 4) is 5.75 Å². The molecule has 0 aliphatic heterocycles. The molecule has 1 aromatic heterocycles. The lowest BCUT2D eigenvalue weighted by Crippen LogP contribution is -2.31. The van der Waals surface area contributed by atoms with E-state index in [1.165, 1.54) is 11.8 Å². The Bertz CT molecular complexity index is 1080. The van der Waals surface area contributed by atoms with Crippen LogP contribution < -0.4 is 15.6 Å². The third-order valence-corrected chi connectivity index (χ3v) is 5.51. The van der Waals surface area contributed by atoms with E-state index in [0.29, 0.717) is 29.1 Å². The summed E-state index contributed by atoms with van der Waals surface area (Å²) in [6.45, 7) is 6.27. The minimum Gasteiger partial charge on any atom is -0.497 e. The van der Waals surface area contributed by atoms with E-state index < -0.39 is 5.25 Å². The molecule has 3 rings (SSSR count). The second kappa shape index (κ2) is 9.43. The number of fused-ring (bicyclic) bond motifs is 1. The number of ether oxygens (including phenoxy) is 1. The van der Waals surface area contributed by atoms with Gasteiger partial charge in [0.25, 0.3) is 5.56 Å². The first-order chi connectivity index (χ1) is 14.0. The molecule has 1 heterocycles. The molecule has 0 saturated heterocycles. The number of benzene rings is 2. The monoisotopic (exact) mass is 409 g/mol. The Morgan fingerprint density at radius 2 is 2.00 bits per heavy atom.